The molecule has 0 saturated carbocycles. The number of amides is 1. The molecule has 110 valence electrons. The van der Waals surface area contributed by atoms with Gasteiger partial charge in [0.15, 0.2) is 0 Å². The summed E-state index contributed by atoms with van der Waals surface area (Å²) in [5.74, 6) is 1.19. The Kier molecular flexibility index (Phi) is 5.49. The van der Waals surface area contributed by atoms with Crippen molar-refractivity contribution < 1.29 is 4.79 Å². The number of hydrogen-bond donors (Lipinski definition) is 2. The molecule has 20 heavy (non-hydrogen) atoms. The van der Waals surface area contributed by atoms with Crippen molar-refractivity contribution in [3.8, 4) is 0 Å². The minimum absolute atomic E-state index is 0.136. The number of nitrogens with one attached hydrogen (secondary N) is 2. The Labute approximate surface area is 125 Å². The van der Waals surface area contributed by atoms with Gasteiger partial charge in [0.25, 0.3) is 0 Å². The third-order valence-corrected chi connectivity index (χ3v) is 5.03. The standard InChI is InChI=1S/C16H24N2OS/c1-11-4-5-13(3)15(8-11)20-10-16(19)18-14-9-17-7-6-12(14)2/h4-5,8,12,14,17H,6-7,9-10H2,1-3H3,(H,18,19). The Hall–Kier alpha value is -1.00. The lowest BCUT2D eigenvalue weighted by Gasteiger charge is -2.30. The summed E-state index contributed by atoms with van der Waals surface area (Å²) in [4.78, 5) is 13.3. The highest BCUT2D eigenvalue weighted by atomic mass is 32.2. The van der Waals surface area contributed by atoms with E-state index in [-0.39, 0.29) is 11.9 Å². The third kappa shape index (κ3) is 4.25. The Balaban J connectivity index is 1.84. The summed E-state index contributed by atoms with van der Waals surface area (Å²) in [6, 6.07) is 6.64. The zero-order valence-corrected chi connectivity index (χ0v) is 13.3. The van der Waals surface area contributed by atoms with E-state index in [1.807, 2.05) is 0 Å². The quantitative estimate of drug-likeness (QED) is 0.838. The molecule has 2 atom stereocenters. The largest absolute Gasteiger partial charge is 0.351 e. The van der Waals surface area contributed by atoms with Crippen LogP contribution >= 0.6 is 11.8 Å². The lowest BCUT2D eigenvalue weighted by atomic mass is 9.95. The fourth-order valence-electron chi connectivity index (χ4n) is 2.44. The van der Waals surface area contributed by atoms with Gasteiger partial charge in [-0.05, 0) is 44.4 Å². The molecule has 0 spiro atoms. The molecule has 0 bridgehead atoms. The predicted octanol–water partition coefficient (Wildman–Crippen LogP) is 2.51. The van der Waals surface area contributed by atoms with Crippen molar-refractivity contribution in [2.45, 2.75) is 38.1 Å². The van der Waals surface area contributed by atoms with Crippen molar-refractivity contribution in [3.05, 3.63) is 29.3 Å². The van der Waals surface area contributed by atoms with E-state index < -0.39 is 0 Å². The van der Waals surface area contributed by atoms with Crippen molar-refractivity contribution >= 4 is 17.7 Å². The van der Waals surface area contributed by atoms with Gasteiger partial charge in [-0.15, -0.1) is 11.8 Å². The van der Waals surface area contributed by atoms with E-state index in [4.69, 9.17) is 0 Å². The minimum Gasteiger partial charge on any atom is -0.351 e. The summed E-state index contributed by atoms with van der Waals surface area (Å²) in [6.45, 7) is 8.33. The van der Waals surface area contributed by atoms with Crippen LogP contribution in [-0.2, 0) is 4.79 Å². The topological polar surface area (TPSA) is 41.1 Å². The molecule has 1 heterocycles. The maximum absolute atomic E-state index is 12.1. The van der Waals surface area contributed by atoms with Gasteiger partial charge in [-0.2, -0.15) is 0 Å². The van der Waals surface area contributed by atoms with E-state index in [1.54, 1.807) is 11.8 Å². The molecule has 1 aromatic rings. The third-order valence-electron chi connectivity index (χ3n) is 3.88. The van der Waals surface area contributed by atoms with Gasteiger partial charge in [0, 0.05) is 17.5 Å². The average molecular weight is 292 g/mol. The minimum atomic E-state index is 0.136. The summed E-state index contributed by atoms with van der Waals surface area (Å²) in [7, 11) is 0. The zero-order chi connectivity index (χ0) is 14.5. The Morgan fingerprint density at radius 1 is 1.45 bits per heavy atom. The highest BCUT2D eigenvalue weighted by molar-refractivity contribution is 8.00. The summed E-state index contributed by atoms with van der Waals surface area (Å²) in [5, 5.41) is 6.49. The van der Waals surface area contributed by atoms with Crippen LogP contribution in [0.5, 0.6) is 0 Å². The fraction of sp³-hybridized carbons (Fsp3) is 0.562. The second kappa shape index (κ2) is 7.14. The highest BCUT2D eigenvalue weighted by Crippen LogP contribution is 2.23. The van der Waals surface area contributed by atoms with Gasteiger partial charge in [0.05, 0.1) is 5.75 Å². The molecule has 1 saturated heterocycles. The number of thioether (sulfide) groups is 1. The molecule has 2 N–H and O–H groups in total. The molecule has 1 fully saturated rings. The Morgan fingerprint density at radius 2 is 2.25 bits per heavy atom. The number of carbonyl (C=O) groups excluding carboxylic acids is 1. The second-order valence-electron chi connectivity index (χ2n) is 5.70. The lowest BCUT2D eigenvalue weighted by molar-refractivity contribution is -0.119. The van der Waals surface area contributed by atoms with Crippen LogP contribution < -0.4 is 10.6 Å². The maximum atomic E-state index is 12.1. The molecule has 0 aromatic heterocycles. The van der Waals surface area contributed by atoms with Crippen LogP contribution in [0.2, 0.25) is 0 Å². The average Bonchev–Trinajstić information content (AvgIpc) is 2.42. The van der Waals surface area contributed by atoms with E-state index in [2.05, 4.69) is 49.6 Å². The van der Waals surface area contributed by atoms with Gasteiger partial charge < -0.3 is 10.6 Å². The predicted molar refractivity (Wildman–Crippen MR) is 85.2 cm³/mol. The number of piperidine rings is 1. The molecule has 4 heteroatoms. The number of hydrogen-bond acceptors (Lipinski definition) is 3. The fourth-order valence-corrected chi connectivity index (χ4v) is 3.37. The van der Waals surface area contributed by atoms with Crippen molar-refractivity contribution in [2.24, 2.45) is 5.92 Å². The van der Waals surface area contributed by atoms with Crippen LogP contribution in [-0.4, -0.2) is 30.8 Å². The molecular formula is C16H24N2OS. The molecular weight excluding hydrogens is 268 g/mol. The summed E-state index contributed by atoms with van der Waals surface area (Å²) < 4.78 is 0. The van der Waals surface area contributed by atoms with Crippen LogP contribution in [0.4, 0.5) is 0 Å². The van der Waals surface area contributed by atoms with E-state index >= 15 is 0 Å². The first kappa shape index (κ1) is 15.4. The van der Waals surface area contributed by atoms with E-state index in [9.17, 15) is 4.79 Å². The molecule has 2 unspecified atom stereocenters. The van der Waals surface area contributed by atoms with Gasteiger partial charge in [-0.1, -0.05) is 24.6 Å². The number of aryl methyl sites for hydroxylation is 2. The number of rotatable bonds is 4. The summed E-state index contributed by atoms with van der Waals surface area (Å²) in [5.41, 5.74) is 2.48. The highest BCUT2D eigenvalue weighted by Gasteiger charge is 2.22. The first-order chi connectivity index (χ1) is 9.56. The smallest absolute Gasteiger partial charge is 0.230 e. The van der Waals surface area contributed by atoms with E-state index in [0.717, 1.165) is 19.5 Å². The van der Waals surface area contributed by atoms with Crippen LogP contribution in [0.1, 0.15) is 24.5 Å². The van der Waals surface area contributed by atoms with Crippen molar-refractivity contribution in [1.82, 2.24) is 10.6 Å². The molecule has 1 amide bonds. The SMILES string of the molecule is Cc1ccc(C)c(SCC(=O)NC2CNCCC2C)c1. The molecule has 1 aliphatic rings. The van der Waals surface area contributed by atoms with Crippen molar-refractivity contribution in [2.75, 3.05) is 18.8 Å². The monoisotopic (exact) mass is 292 g/mol. The molecule has 1 aromatic carbocycles. The zero-order valence-electron chi connectivity index (χ0n) is 12.5. The first-order valence-electron chi connectivity index (χ1n) is 7.26. The lowest BCUT2D eigenvalue weighted by Crippen LogP contribution is -2.50. The molecule has 3 nitrogen and oxygen atoms in total. The van der Waals surface area contributed by atoms with Crippen LogP contribution in [0, 0.1) is 19.8 Å². The first-order valence-corrected chi connectivity index (χ1v) is 8.25. The second-order valence-corrected chi connectivity index (χ2v) is 6.72. The number of benzene rings is 1. The Morgan fingerprint density at radius 3 is 3.00 bits per heavy atom. The van der Waals surface area contributed by atoms with Crippen LogP contribution in [0.25, 0.3) is 0 Å². The summed E-state index contributed by atoms with van der Waals surface area (Å²) in [6.07, 6.45) is 1.13. The summed E-state index contributed by atoms with van der Waals surface area (Å²) >= 11 is 1.63. The molecule has 1 aliphatic heterocycles. The number of carbonyl (C=O) groups is 1. The van der Waals surface area contributed by atoms with Crippen LogP contribution in [0.15, 0.2) is 23.1 Å². The maximum Gasteiger partial charge on any atom is 0.230 e. The van der Waals surface area contributed by atoms with E-state index in [0.29, 0.717) is 11.7 Å². The Bertz CT molecular complexity index is 476. The van der Waals surface area contributed by atoms with Gasteiger partial charge in [0.1, 0.15) is 0 Å². The van der Waals surface area contributed by atoms with Crippen molar-refractivity contribution in [1.29, 1.82) is 0 Å². The van der Waals surface area contributed by atoms with Gasteiger partial charge in [0.2, 0.25) is 5.91 Å². The van der Waals surface area contributed by atoms with Gasteiger partial charge in [-0.3, -0.25) is 4.79 Å². The van der Waals surface area contributed by atoms with Crippen molar-refractivity contribution in [3.63, 3.8) is 0 Å². The molecule has 2 rings (SSSR count). The molecule has 0 radical (unpaired) electrons. The van der Waals surface area contributed by atoms with Crippen LogP contribution in [0.3, 0.4) is 0 Å². The molecule has 0 aliphatic carbocycles. The van der Waals surface area contributed by atoms with Gasteiger partial charge >= 0.3 is 0 Å². The normalized spacial score (nSPS) is 22.6. The van der Waals surface area contributed by atoms with Gasteiger partial charge in [-0.25, -0.2) is 0 Å². The van der Waals surface area contributed by atoms with E-state index in [1.165, 1.54) is 16.0 Å².